The average molecular weight is 331 g/mol. The van der Waals surface area contributed by atoms with Gasteiger partial charge in [-0.25, -0.2) is 0 Å². The zero-order chi connectivity index (χ0) is 16.9. The molecule has 24 heavy (non-hydrogen) atoms. The number of carbonyl (C=O) groups excluding carboxylic acids is 2. The number of nitrogens with zero attached hydrogens (tertiary/aromatic N) is 2. The van der Waals surface area contributed by atoms with Crippen molar-refractivity contribution in [3.05, 3.63) is 24.0 Å². The van der Waals surface area contributed by atoms with Gasteiger partial charge in [-0.2, -0.15) is 0 Å². The molecule has 7 nitrogen and oxygen atoms in total. The molecule has 3 aliphatic rings. The highest BCUT2D eigenvalue weighted by Gasteiger charge is 2.67. The second-order valence-electron chi connectivity index (χ2n) is 6.76. The number of nitrogens with one attached hydrogen (secondary N) is 1. The molecule has 2 fully saturated rings. The fourth-order valence-electron chi connectivity index (χ4n) is 3.98. The number of ether oxygens (including phenoxy) is 1. The molecule has 128 valence electrons. The van der Waals surface area contributed by atoms with Crippen molar-refractivity contribution in [2.24, 2.45) is 11.8 Å². The first-order chi connectivity index (χ1) is 11.6. The quantitative estimate of drug-likeness (QED) is 0.647. The number of aryl methyl sites for hydroxylation is 1. The summed E-state index contributed by atoms with van der Waals surface area (Å²) in [5.41, 5.74) is -0.721. The molecule has 0 radical (unpaired) electrons. The van der Waals surface area contributed by atoms with E-state index in [0.29, 0.717) is 24.7 Å². The summed E-state index contributed by atoms with van der Waals surface area (Å²) in [4.78, 5) is 27.2. The van der Waals surface area contributed by atoms with Crippen molar-refractivity contribution in [2.75, 3.05) is 18.0 Å². The van der Waals surface area contributed by atoms with Crippen molar-refractivity contribution < 1.29 is 18.8 Å². The van der Waals surface area contributed by atoms with Crippen molar-refractivity contribution >= 4 is 17.6 Å². The lowest BCUT2D eigenvalue weighted by molar-refractivity contribution is -0.131. The fraction of sp³-hybridized carbons (Fsp3) is 0.588. The molecule has 0 aliphatic carbocycles. The van der Waals surface area contributed by atoms with Crippen LogP contribution in [0.1, 0.15) is 25.5 Å². The molecule has 2 saturated heterocycles. The van der Waals surface area contributed by atoms with Gasteiger partial charge in [-0.05, 0) is 13.3 Å². The lowest BCUT2D eigenvalue weighted by Crippen LogP contribution is -2.44. The van der Waals surface area contributed by atoms with Gasteiger partial charge in [-0.15, -0.1) is 0 Å². The van der Waals surface area contributed by atoms with Crippen LogP contribution in [0.4, 0.5) is 5.82 Å². The maximum atomic E-state index is 13.0. The molecule has 7 heteroatoms. The summed E-state index contributed by atoms with van der Waals surface area (Å²) in [7, 11) is 0. The topological polar surface area (TPSA) is 84.7 Å². The van der Waals surface area contributed by atoms with Gasteiger partial charge in [0.15, 0.2) is 5.82 Å². The van der Waals surface area contributed by atoms with E-state index in [1.807, 2.05) is 12.2 Å². The molecule has 1 aromatic rings. The molecule has 0 aromatic carbocycles. The second kappa shape index (κ2) is 5.44. The SMILES string of the molecule is CCCCNC(=O)[C@H]1[C@@H]2C=C[C@]3(CN(c4cc(C)on4)C(=O)[C@H]13)O2. The smallest absolute Gasteiger partial charge is 0.235 e. The summed E-state index contributed by atoms with van der Waals surface area (Å²) in [5.74, 6) is -0.0701. The highest BCUT2D eigenvalue weighted by atomic mass is 16.5. The molecule has 4 rings (SSSR count). The summed E-state index contributed by atoms with van der Waals surface area (Å²) in [6, 6.07) is 1.72. The van der Waals surface area contributed by atoms with E-state index in [-0.39, 0.29) is 17.9 Å². The first-order valence-corrected chi connectivity index (χ1v) is 8.45. The van der Waals surface area contributed by atoms with Gasteiger partial charge in [0.25, 0.3) is 0 Å². The minimum absolute atomic E-state index is 0.101. The molecule has 4 heterocycles. The number of fused-ring (bicyclic) bond motifs is 1. The number of hydrogen-bond acceptors (Lipinski definition) is 5. The Balaban J connectivity index is 1.59. The molecule has 0 saturated carbocycles. The van der Waals surface area contributed by atoms with Gasteiger partial charge in [0, 0.05) is 12.6 Å². The number of hydrogen-bond donors (Lipinski definition) is 1. The predicted molar refractivity (Wildman–Crippen MR) is 85.2 cm³/mol. The van der Waals surface area contributed by atoms with Gasteiger partial charge in [0.1, 0.15) is 11.4 Å². The highest BCUT2D eigenvalue weighted by Crippen LogP contribution is 2.52. The molecule has 2 amide bonds. The van der Waals surface area contributed by atoms with Crippen LogP contribution in [0, 0.1) is 18.8 Å². The molecular weight excluding hydrogens is 310 g/mol. The maximum absolute atomic E-state index is 13.0. The zero-order valence-electron chi connectivity index (χ0n) is 13.8. The van der Waals surface area contributed by atoms with Crippen molar-refractivity contribution in [3.63, 3.8) is 0 Å². The number of amides is 2. The Morgan fingerprint density at radius 1 is 1.54 bits per heavy atom. The lowest BCUT2D eigenvalue weighted by atomic mass is 9.77. The fourth-order valence-corrected chi connectivity index (χ4v) is 3.98. The number of rotatable bonds is 5. The molecule has 1 aromatic heterocycles. The normalized spacial score (nSPS) is 33.3. The first kappa shape index (κ1) is 15.4. The number of carbonyl (C=O) groups is 2. The van der Waals surface area contributed by atoms with Crippen LogP contribution in [-0.2, 0) is 14.3 Å². The Hall–Kier alpha value is -2.15. The minimum Gasteiger partial charge on any atom is -0.360 e. The van der Waals surface area contributed by atoms with E-state index in [4.69, 9.17) is 9.26 Å². The van der Waals surface area contributed by atoms with Crippen LogP contribution >= 0.6 is 0 Å². The third-order valence-electron chi connectivity index (χ3n) is 5.12. The number of anilines is 1. The van der Waals surface area contributed by atoms with Gasteiger partial charge in [-0.3, -0.25) is 14.5 Å². The van der Waals surface area contributed by atoms with E-state index < -0.39 is 17.4 Å². The third kappa shape index (κ3) is 2.11. The zero-order valence-corrected chi connectivity index (χ0v) is 13.8. The minimum atomic E-state index is -0.721. The Morgan fingerprint density at radius 2 is 2.38 bits per heavy atom. The third-order valence-corrected chi connectivity index (χ3v) is 5.12. The lowest BCUT2D eigenvalue weighted by Gasteiger charge is -2.23. The van der Waals surface area contributed by atoms with Crippen molar-refractivity contribution in [3.8, 4) is 0 Å². The largest absolute Gasteiger partial charge is 0.360 e. The number of unbranched alkanes of at least 4 members (excludes halogenated alkanes) is 1. The van der Waals surface area contributed by atoms with Crippen LogP contribution in [0.5, 0.6) is 0 Å². The van der Waals surface area contributed by atoms with Crippen LogP contribution in [0.2, 0.25) is 0 Å². The van der Waals surface area contributed by atoms with Crippen LogP contribution in [0.15, 0.2) is 22.7 Å². The van der Waals surface area contributed by atoms with Gasteiger partial charge in [0.2, 0.25) is 11.8 Å². The summed E-state index contributed by atoms with van der Waals surface area (Å²) in [5, 5.41) is 6.88. The summed E-state index contributed by atoms with van der Waals surface area (Å²) >= 11 is 0. The first-order valence-electron chi connectivity index (χ1n) is 8.45. The molecule has 4 atom stereocenters. The second-order valence-corrected chi connectivity index (χ2v) is 6.76. The standard InChI is InChI=1S/C17H21N3O4/c1-3-4-7-18-15(21)13-11-5-6-17(23-11)9-20(16(22)14(13)17)12-8-10(2)24-19-12/h5-6,8,11,13-14H,3-4,7,9H2,1-2H3,(H,18,21)/t11-,13-,14-,17+/m0/s1. The van der Waals surface area contributed by atoms with Crippen molar-refractivity contribution in [1.82, 2.24) is 10.5 Å². The predicted octanol–water partition coefficient (Wildman–Crippen LogP) is 1.19. The Morgan fingerprint density at radius 3 is 3.08 bits per heavy atom. The van der Waals surface area contributed by atoms with Crippen LogP contribution in [0.3, 0.4) is 0 Å². The summed E-state index contributed by atoms with van der Waals surface area (Å²) in [6.45, 7) is 4.85. The van der Waals surface area contributed by atoms with Gasteiger partial charge in [-0.1, -0.05) is 30.7 Å². The van der Waals surface area contributed by atoms with Crippen LogP contribution < -0.4 is 10.2 Å². The summed E-state index contributed by atoms with van der Waals surface area (Å²) < 4.78 is 11.1. The van der Waals surface area contributed by atoms with Crippen molar-refractivity contribution in [2.45, 2.75) is 38.4 Å². The Kier molecular flexibility index (Phi) is 3.49. The van der Waals surface area contributed by atoms with E-state index in [9.17, 15) is 9.59 Å². The highest BCUT2D eigenvalue weighted by molar-refractivity contribution is 6.02. The number of aromatic nitrogens is 1. The van der Waals surface area contributed by atoms with E-state index in [0.717, 1.165) is 12.8 Å². The van der Waals surface area contributed by atoms with E-state index >= 15 is 0 Å². The van der Waals surface area contributed by atoms with E-state index in [2.05, 4.69) is 17.4 Å². The molecule has 2 bridgehead atoms. The van der Waals surface area contributed by atoms with Gasteiger partial charge < -0.3 is 14.6 Å². The molecule has 3 aliphatic heterocycles. The Labute approximate surface area is 140 Å². The van der Waals surface area contributed by atoms with Crippen molar-refractivity contribution in [1.29, 1.82) is 0 Å². The molecule has 1 N–H and O–H groups in total. The average Bonchev–Trinajstić information content (AvgIpc) is 3.28. The maximum Gasteiger partial charge on any atom is 0.235 e. The molecular formula is C17H21N3O4. The van der Waals surface area contributed by atoms with Gasteiger partial charge >= 0.3 is 0 Å². The van der Waals surface area contributed by atoms with E-state index in [1.54, 1.807) is 17.9 Å². The molecule has 1 spiro atoms. The Bertz CT molecular complexity index is 712. The molecule has 0 unspecified atom stereocenters. The van der Waals surface area contributed by atoms with E-state index in [1.165, 1.54) is 0 Å². The monoisotopic (exact) mass is 331 g/mol. The van der Waals surface area contributed by atoms with Crippen LogP contribution in [0.25, 0.3) is 0 Å². The van der Waals surface area contributed by atoms with Gasteiger partial charge in [0.05, 0.1) is 24.5 Å². The summed E-state index contributed by atoms with van der Waals surface area (Å²) in [6.07, 6.45) is 5.46. The van der Waals surface area contributed by atoms with Crippen LogP contribution in [-0.4, -0.2) is 41.8 Å².